The minimum atomic E-state index is -0.608. The molecule has 2 aromatic rings. The Balaban J connectivity index is 2.27. The summed E-state index contributed by atoms with van der Waals surface area (Å²) < 4.78 is 0. The lowest BCUT2D eigenvalue weighted by molar-refractivity contribution is -0.139. The molecule has 27 heavy (non-hydrogen) atoms. The highest BCUT2D eigenvalue weighted by molar-refractivity contribution is 6.42. The van der Waals surface area contributed by atoms with Crippen LogP contribution in [-0.2, 0) is 22.6 Å². The summed E-state index contributed by atoms with van der Waals surface area (Å²) in [5, 5.41) is 3.48. The predicted octanol–water partition coefficient (Wildman–Crippen LogP) is 4.32. The van der Waals surface area contributed by atoms with E-state index in [1.165, 1.54) is 5.56 Å². The standard InChI is InChI=1S/C21H24Cl2N2O2/c1-13-5-6-16(9-14(13)2)11-20(26)25(15(3)21(27)24-4)12-17-7-8-18(22)19(23)10-17/h5-10,15H,11-12H2,1-4H3,(H,24,27). The van der Waals surface area contributed by atoms with E-state index in [2.05, 4.69) is 5.32 Å². The molecule has 2 rings (SSSR count). The molecule has 1 atom stereocenters. The average molecular weight is 407 g/mol. The number of hydrogen-bond acceptors (Lipinski definition) is 2. The lowest BCUT2D eigenvalue weighted by Crippen LogP contribution is -2.47. The van der Waals surface area contributed by atoms with Gasteiger partial charge < -0.3 is 10.2 Å². The zero-order valence-corrected chi connectivity index (χ0v) is 17.5. The van der Waals surface area contributed by atoms with Gasteiger partial charge in [0.05, 0.1) is 16.5 Å². The molecule has 2 aromatic carbocycles. The van der Waals surface area contributed by atoms with Gasteiger partial charge in [-0.15, -0.1) is 0 Å². The second-order valence-electron chi connectivity index (χ2n) is 6.66. The number of benzene rings is 2. The first-order valence-corrected chi connectivity index (χ1v) is 9.49. The van der Waals surface area contributed by atoms with Crippen LogP contribution >= 0.6 is 23.2 Å². The van der Waals surface area contributed by atoms with Gasteiger partial charge in [0.2, 0.25) is 11.8 Å². The number of halogens is 2. The molecule has 0 aliphatic heterocycles. The van der Waals surface area contributed by atoms with Crippen molar-refractivity contribution in [2.45, 2.75) is 39.8 Å². The molecule has 0 spiro atoms. The third kappa shape index (κ3) is 5.47. The Bertz CT molecular complexity index is 852. The fourth-order valence-corrected chi connectivity index (χ4v) is 3.14. The minimum Gasteiger partial charge on any atom is -0.357 e. The van der Waals surface area contributed by atoms with Crippen LogP contribution in [0.15, 0.2) is 36.4 Å². The molecule has 0 fully saturated rings. The normalized spacial score (nSPS) is 11.8. The van der Waals surface area contributed by atoms with Gasteiger partial charge in [0, 0.05) is 13.6 Å². The Kier molecular flexibility index (Phi) is 7.28. The second kappa shape index (κ2) is 9.25. The van der Waals surface area contributed by atoms with E-state index in [9.17, 15) is 9.59 Å². The van der Waals surface area contributed by atoms with Crippen molar-refractivity contribution >= 4 is 35.0 Å². The van der Waals surface area contributed by atoms with E-state index in [0.717, 1.165) is 16.7 Å². The molecule has 0 bridgehead atoms. The maximum absolute atomic E-state index is 13.0. The van der Waals surface area contributed by atoms with Gasteiger partial charge in [-0.3, -0.25) is 9.59 Å². The molecule has 0 heterocycles. The van der Waals surface area contributed by atoms with E-state index in [1.54, 1.807) is 37.1 Å². The topological polar surface area (TPSA) is 49.4 Å². The first-order chi connectivity index (χ1) is 12.7. The van der Waals surface area contributed by atoms with Crippen LogP contribution in [0.4, 0.5) is 0 Å². The Labute approximate surface area is 170 Å². The molecule has 1 unspecified atom stereocenters. The van der Waals surface area contributed by atoms with E-state index in [0.29, 0.717) is 10.0 Å². The van der Waals surface area contributed by atoms with E-state index in [-0.39, 0.29) is 24.8 Å². The van der Waals surface area contributed by atoms with E-state index in [1.807, 2.05) is 32.0 Å². The van der Waals surface area contributed by atoms with Crippen LogP contribution in [0.25, 0.3) is 0 Å². The maximum atomic E-state index is 13.0. The zero-order chi connectivity index (χ0) is 20.1. The zero-order valence-electron chi connectivity index (χ0n) is 16.0. The summed E-state index contributed by atoms with van der Waals surface area (Å²) in [7, 11) is 1.56. The van der Waals surface area contributed by atoms with Crippen molar-refractivity contribution in [2.24, 2.45) is 0 Å². The number of nitrogens with zero attached hydrogens (tertiary/aromatic N) is 1. The number of hydrogen-bond donors (Lipinski definition) is 1. The van der Waals surface area contributed by atoms with Gasteiger partial charge in [-0.1, -0.05) is 47.5 Å². The largest absolute Gasteiger partial charge is 0.357 e. The summed E-state index contributed by atoms with van der Waals surface area (Å²) >= 11 is 12.1. The van der Waals surface area contributed by atoms with Crippen molar-refractivity contribution in [3.8, 4) is 0 Å². The molecule has 0 radical (unpaired) electrons. The monoisotopic (exact) mass is 406 g/mol. The van der Waals surface area contributed by atoms with Crippen molar-refractivity contribution in [1.29, 1.82) is 0 Å². The van der Waals surface area contributed by atoms with Crippen LogP contribution in [0.1, 0.15) is 29.2 Å². The summed E-state index contributed by atoms with van der Waals surface area (Å²) in [6.45, 7) is 6.04. The van der Waals surface area contributed by atoms with Gasteiger partial charge in [-0.05, 0) is 55.2 Å². The minimum absolute atomic E-state index is 0.125. The molecule has 144 valence electrons. The highest BCUT2D eigenvalue weighted by Gasteiger charge is 2.25. The highest BCUT2D eigenvalue weighted by Crippen LogP contribution is 2.24. The Morgan fingerprint density at radius 2 is 1.67 bits per heavy atom. The molecule has 0 aromatic heterocycles. The second-order valence-corrected chi connectivity index (χ2v) is 7.47. The summed E-state index contributed by atoms with van der Waals surface area (Å²) in [4.78, 5) is 26.7. The van der Waals surface area contributed by atoms with Crippen LogP contribution in [-0.4, -0.2) is 29.8 Å². The predicted molar refractivity (Wildman–Crippen MR) is 110 cm³/mol. The summed E-state index contributed by atoms with van der Waals surface area (Å²) in [5.74, 6) is -0.344. The molecular weight excluding hydrogens is 383 g/mol. The summed E-state index contributed by atoms with van der Waals surface area (Å²) in [6.07, 6.45) is 0.226. The van der Waals surface area contributed by atoms with Gasteiger partial charge in [0.25, 0.3) is 0 Å². The SMILES string of the molecule is CNC(=O)C(C)N(Cc1ccc(Cl)c(Cl)c1)C(=O)Cc1ccc(C)c(C)c1. The van der Waals surface area contributed by atoms with Crippen molar-refractivity contribution < 1.29 is 9.59 Å². The Hall–Kier alpha value is -2.04. The summed E-state index contributed by atoms with van der Waals surface area (Å²) in [6, 6.07) is 10.6. The number of rotatable bonds is 6. The van der Waals surface area contributed by atoms with Gasteiger partial charge in [0.1, 0.15) is 6.04 Å². The molecule has 2 amide bonds. The first-order valence-electron chi connectivity index (χ1n) is 8.74. The van der Waals surface area contributed by atoms with E-state index >= 15 is 0 Å². The van der Waals surface area contributed by atoms with Gasteiger partial charge in [-0.2, -0.15) is 0 Å². The number of nitrogens with one attached hydrogen (secondary N) is 1. The molecule has 0 saturated carbocycles. The molecule has 4 nitrogen and oxygen atoms in total. The number of amides is 2. The third-order valence-electron chi connectivity index (χ3n) is 4.68. The van der Waals surface area contributed by atoms with Crippen LogP contribution in [0.5, 0.6) is 0 Å². The van der Waals surface area contributed by atoms with Crippen LogP contribution < -0.4 is 5.32 Å². The number of carbonyl (C=O) groups excluding carboxylic acids is 2. The van der Waals surface area contributed by atoms with E-state index < -0.39 is 6.04 Å². The van der Waals surface area contributed by atoms with Crippen LogP contribution in [0.2, 0.25) is 10.0 Å². The fourth-order valence-electron chi connectivity index (χ4n) is 2.82. The third-order valence-corrected chi connectivity index (χ3v) is 5.42. The molecule has 0 saturated heterocycles. The van der Waals surface area contributed by atoms with Crippen molar-refractivity contribution in [1.82, 2.24) is 10.2 Å². The van der Waals surface area contributed by atoms with Gasteiger partial charge >= 0.3 is 0 Å². The number of aryl methyl sites for hydroxylation is 2. The average Bonchev–Trinajstić information content (AvgIpc) is 2.64. The maximum Gasteiger partial charge on any atom is 0.242 e. The lowest BCUT2D eigenvalue weighted by atomic mass is 10.0. The number of carbonyl (C=O) groups is 2. The van der Waals surface area contributed by atoms with Crippen molar-refractivity contribution in [3.05, 3.63) is 68.7 Å². The van der Waals surface area contributed by atoms with Crippen LogP contribution in [0, 0.1) is 13.8 Å². The highest BCUT2D eigenvalue weighted by atomic mass is 35.5. The Morgan fingerprint density at radius 1 is 1.00 bits per heavy atom. The van der Waals surface area contributed by atoms with E-state index in [4.69, 9.17) is 23.2 Å². The molecule has 6 heteroatoms. The van der Waals surface area contributed by atoms with Gasteiger partial charge in [-0.25, -0.2) is 0 Å². The number of likely N-dealkylation sites (N-methyl/N-ethyl adjacent to an activating group) is 1. The molecule has 0 aliphatic carbocycles. The van der Waals surface area contributed by atoms with Crippen molar-refractivity contribution in [2.75, 3.05) is 7.05 Å². The fraction of sp³-hybridized carbons (Fsp3) is 0.333. The molecular formula is C21H24Cl2N2O2. The molecule has 1 N–H and O–H groups in total. The lowest BCUT2D eigenvalue weighted by Gasteiger charge is -2.28. The molecule has 0 aliphatic rings. The first kappa shape index (κ1) is 21.3. The summed E-state index contributed by atoms with van der Waals surface area (Å²) in [5.41, 5.74) is 4.05. The van der Waals surface area contributed by atoms with Crippen molar-refractivity contribution in [3.63, 3.8) is 0 Å². The Morgan fingerprint density at radius 3 is 2.26 bits per heavy atom. The van der Waals surface area contributed by atoms with Crippen LogP contribution in [0.3, 0.4) is 0 Å². The van der Waals surface area contributed by atoms with Gasteiger partial charge in [0.15, 0.2) is 0 Å². The smallest absolute Gasteiger partial charge is 0.242 e. The quantitative estimate of drug-likeness (QED) is 0.776.